The predicted octanol–water partition coefficient (Wildman–Crippen LogP) is 2.20. The molecule has 7 heteroatoms. The highest BCUT2D eigenvalue weighted by Crippen LogP contribution is 2.24. The molecule has 3 rings (SSSR count). The predicted molar refractivity (Wildman–Crippen MR) is 91.4 cm³/mol. The van der Waals surface area contributed by atoms with E-state index in [1.165, 1.54) is 12.1 Å². The minimum atomic E-state index is -3.82. The van der Waals surface area contributed by atoms with Gasteiger partial charge in [-0.05, 0) is 30.3 Å². The molecule has 0 bridgehead atoms. The molecule has 1 aliphatic rings. The van der Waals surface area contributed by atoms with Crippen molar-refractivity contribution in [1.29, 1.82) is 5.26 Å². The maximum absolute atomic E-state index is 12.6. The summed E-state index contributed by atoms with van der Waals surface area (Å²) in [5, 5.41) is 9.10. The van der Waals surface area contributed by atoms with E-state index in [4.69, 9.17) is 10.00 Å². The molecule has 0 radical (unpaired) electrons. The normalized spacial score (nSPS) is 14.9. The summed E-state index contributed by atoms with van der Waals surface area (Å²) in [4.78, 5) is 2.12. The molecule has 0 saturated carbocycles. The molecule has 6 nitrogen and oxygen atoms in total. The second-order valence-corrected chi connectivity index (χ2v) is 7.01. The topological polar surface area (TPSA) is 82.4 Å². The van der Waals surface area contributed by atoms with Crippen LogP contribution in [0.3, 0.4) is 0 Å². The van der Waals surface area contributed by atoms with Crippen LogP contribution in [0.1, 0.15) is 5.56 Å². The Labute approximate surface area is 141 Å². The number of anilines is 2. The number of morpholine rings is 1. The first-order valence-electron chi connectivity index (χ1n) is 7.55. The lowest BCUT2D eigenvalue weighted by Crippen LogP contribution is -2.36. The summed E-state index contributed by atoms with van der Waals surface area (Å²) in [6.45, 7) is 2.86. The molecular formula is C17H17N3O3S. The fourth-order valence-electron chi connectivity index (χ4n) is 2.59. The smallest absolute Gasteiger partial charge is 0.263 e. The number of sulfonamides is 1. The van der Waals surface area contributed by atoms with Gasteiger partial charge in [-0.25, -0.2) is 8.42 Å². The molecule has 0 aliphatic carbocycles. The highest BCUT2D eigenvalue weighted by molar-refractivity contribution is 7.92. The van der Waals surface area contributed by atoms with Crippen LogP contribution in [0.15, 0.2) is 53.4 Å². The summed E-state index contributed by atoms with van der Waals surface area (Å²) >= 11 is 0. The van der Waals surface area contributed by atoms with Crippen LogP contribution >= 0.6 is 0 Å². The molecule has 0 aromatic heterocycles. The fourth-order valence-corrected chi connectivity index (χ4v) is 3.80. The molecule has 1 N–H and O–H groups in total. The van der Waals surface area contributed by atoms with Crippen LogP contribution < -0.4 is 9.62 Å². The van der Waals surface area contributed by atoms with Crippen molar-refractivity contribution in [2.24, 2.45) is 0 Å². The second-order valence-electron chi connectivity index (χ2n) is 5.36. The van der Waals surface area contributed by atoms with E-state index in [9.17, 15) is 8.42 Å². The molecule has 0 amide bonds. The van der Waals surface area contributed by atoms with Crippen LogP contribution in [0.5, 0.6) is 0 Å². The van der Waals surface area contributed by atoms with Crippen molar-refractivity contribution in [2.45, 2.75) is 4.90 Å². The number of nitrogens with zero attached hydrogens (tertiary/aromatic N) is 2. The van der Waals surface area contributed by atoms with Crippen molar-refractivity contribution in [3.05, 3.63) is 54.1 Å². The largest absolute Gasteiger partial charge is 0.378 e. The van der Waals surface area contributed by atoms with Gasteiger partial charge in [0.25, 0.3) is 10.0 Å². The van der Waals surface area contributed by atoms with Crippen molar-refractivity contribution in [1.82, 2.24) is 0 Å². The third-order valence-electron chi connectivity index (χ3n) is 3.77. The Morgan fingerprint density at radius 3 is 2.58 bits per heavy atom. The number of rotatable bonds is 4. The van der Waals surface area contributed by atoms with E-state index in [1.54, 1.807) is 30.3 Å². The monoisotopic (exact) mass is 343 g/mol. The van der Waals surface area contributed by atoms with Crippen LogP contribution in [0, 0.1) is 11.3 Å². The van der Waals surface area contributed by atoms with Crippen molar-refractivity contribution < 1.29 is 13.2 Å². The Morgan fingerprint density at radius 1 is 1.08 bits per heavy atom. The third kappa shape index (κ3) is 3.50. The van der Waals surface area contributed by atoms with Gasteiger partial charge in [0.15, 0.2) is 0 Å². The van der Waals surface area contributed by atoms with Gasteiger partial charge in [0, 0.05) is 18.8 Å². The average molecular weight is 343 g/mol. The molecule has 24 heavy (non-hydrogen) atoms. The summed E-state index contributed by atoms with van der Waals surface area (Å²) in [6.07, 6.45) is 0. The van der Waals surface area contributed by atoms with Gasteiger partial charge in [0.1, 0.15) is 11.0 Å². The van der Waals surface area contributed by atoms with Gasteiger partial charge in [-0.15, -0.1) is 0 Å². The summed E-state index contributed by atoms with van der Waals surface area (Å²) in [7, 11) is -3.82. The lowest BCUT2D eigenvalue weighted by atomic mass is 10.2. The zero-order chi connectivity index (χ0) is 17.0. The quantitative estimate of drug-likeness (QED) is 0.920. The summed E-state index contributed by atoms with van der Waals surface area (Å²) in [6, 6.07) is 15.3. The minimum absolute atomic E-state index is 0.0238. The Hall–Kier alpha value is -2.56. The van der Waals surface area contributed by atoms with E-state index in [0.717, 1.165) is 18.8 Å². The standard InChI is InChI=1S/C17H17N3O3S/c18-13-14-4-1-2-7-17(14)24(21,22)19-15-5-3-6-16(12-15)20-8-10-23-11-9-20/h1-7,12,19H,8-11H2. The van der Waals surface area contributed by atoms with Gasteiger partial charge in [0.05, 0.1) is 24.5 Å². The number of hydrogen-bond donors (Lipinski definition) is 1. The van der Waals surface area contributed by atoms with Crippen LogP contribution in [-0.4, -0.2) is 34.7 Å². The van der Waals surface area contributed by atoms with E-state index in [0.29, 0.717) is 18.9 Å². The van der Waals surface area contributed by atoms with Gasteiger partial charge in [-0.3, -0.25) is 4.72 Å². The number of ether oxygens (including phenoxy) is 1. The van der Waals surface area contributed by atoms with E-state index in [2.05, 4.69) is 9.62 Å². The number of nitriles is 1. The van der Waals surface area contributed by atoms with Crippen molar-refractivity contribution >= 4 is 21.4 Å². The van der Waals surface area contributed by atoms with E-state index < -0.39 is 10.0 Å². The molecule has 2 aromatic rings. The first-order chi connectivity index (χ1) is 11.6. The number of nitrogens with one attached hydrogen (secondary N) is 1. The van der Waals surface area contributed by atoms with Crippen LogP contribution in [0.4, 0.5) is 11.4 Å². The molecule has 1 aliphatic heterocycles. The number of benzene rings is 2. The van der Waals surface area contributed by atoms with Crippen molar-refractivity contribution in [2.75, 3.05) is 35.9 Å². The highest BCUT2D eigenvalue weighted by atomic mass is 32.2. The van der Waals surface area contributed by atoms with E-state index in [-0.39, 0.29) is 10.5 Å². The minimum Gasteiger partial charge on any atom is -0.378 e. The summed E-state index contributed by atoms with van der Waals surface area (Å²) in [5.41, 5.74) is 1.52. The zero-order valence-electron chi connectivity index (χ0n) is 13.0. The Bertz CT molecular complexity index is 869. The van der Waals surface area contributed by atoms with Crippen molar-refractivity contribution in [3.8, 4) is 6.07 Å². The van der Waals surface area contributed by atoms with Crippen LogP contribution in [0.2, 0.25) is 0 Å². The van der Waals surface area contributed by atoms with Crippen molar-refractivity contribution in [3.63, 3.8) is 0 Å². The van der Waals surface area contributed by atoms with Gasteiger partial charge in [-0.2, -0.15) is 5.26 Å². The Morgan fingerprint density at radius 2 is 1.83 bits per heavy atom. The van der Waals surface area contributed by atoms with Crippen LogP contribution in [-0.2, 0) is 14.8 Å². The molecule has 0 spiro atoms. The first-order valence-corrected chi connectivity index (χ1v) is 9.03. The number of hydrogen-bond acceptors (Lipinski definition) is 5. The molecular weight excluding hydrogens is 326 g/mol. The van der Waals surface area contributed by atoms with Gasteiger partial charge < -0.3 is 9.64 Å². The first kappa shape index (κ1) is 16.3. The molecule has 1 heterocycles. The molecule has 124 valence electrons. The van der Waals surface area contributed by atoms with Gasteiger partial charge in [-0.1, -0.05) is 18.2 Å². The molecule has 0 unspecified atom stereocenters. The lowest BCUT2D eigenvalue weighted by molar-refractivity contribution is 0.122. The maximum Gasteiger partial charge on any atom is 0.263 e. The fraction of sp³-hybridized carbons (Fsp3) is 0.235. The zero-order valence-corrected chi connectivity index (χ0v) is 13.8. The molecule has 1 saturated heterocycles. The van der Waals surface area contributed by atoms with Gasteiger partial charge in [0.2, 0.25) is 0 Å². The van der Waals surface area contributed by atoms with E-state index >= 15 is 0 Å². The molecule has 2 aromatic carbocycles. The average Bonchev–Trinajstić information content (AvgIpc) is 2.62. The molecule has 0 atom stereocenters. The Balaban J connectivity index is 1.86. The lowest BCUT2D eigenvalue weighted by Gasteiger charge is -2.29. The Kier molecular flexibility index (Phi) is 4.69. The van der Waals surface area contributed by atoms with Gasteiger partial charge >= 0.3 is 0 Å². The maximum atomic E-state index is 12.6. The third-order valence-corrected chi connectivity index (χ3v) is 5.21. The highest BCUT2D eigenvalue weighted by Gasteiger charge is 2.19. The molecule has 1 fully saturated rings. The summed E-state index contributed by atoms with van der Waals surface area (Å²) in [5.74, 6) is 0. The summed E-state index contributed by atoms with van der Waals surface area (Å²) < 4.78 is 33.0. The van der Waals surface area contributed by atoms with E-state index in [1.807, 2.05) is 12.1 Å². The SMILES string of the molecule is N#Cc1ccccc1S(=O)(=O)Nc1cccc(N2CCOCC2)c1. The van der Waals surface area contributed by atoms with Crippen LogP contribution in [0.25, 0.3) is 0 Å². The second kappa shape index (κ2) is 6.91.